The Morgan fingerprint density at radius 3 is 2.12 bits per heavy atom. The van der Waals surface area contributed by atoms with Crippen molar-refractivity contribution in [3.63, 3.8) is 0 Å². The van der Waals surface area contributed by atoms with Gasteiger partial charge < -0.3 is 25.2 Å². The van der Waals surface area contributed by atoms with Crippen molar-refractivity contribution >= 4 is 18.0 Å². The Bertz CT molecular complexity index is 1000. The fraction of sp³-hybridized carbons (Fsp3) is 0.375. The molecule has 2 unspecified atom stereocenters. The largest absolute Gasteiger partial charge is 0.480 e. The molecule has 8 nitrogen and oxygen atoms in total. The summed E-state index contributed by atoms with van der Waals surface area (Å²) >= 11 is 0. The predicted octanol–water partition coefficient (Wildman–Crippen LogP) is 2.66. The van der Waals surface area contributed by atoms with Gasteiger partial charge >= 0.3 is 12.1 Å². The van der Waals surface area contributed by atoms with Crippen LogP contribution in [0.1, 0.15) is 36.8 Å². The number of aliphatic carboxylic acids is 1. The van der Waals surface area contributed by atoms with Crippen molar-refractivity contribution in [1.29, 1.82) is 0 Å². The second-order valence-electron chi connectivity index (χ2n) is 8.26. The predicted molar refractivity (Wildman–Crippen MR) is 116 cm³/mol. The highest BCUT2D eigenvalue weighted by Crippen LogP contribution is 2.44. The number of alkyl carbamates (subject to hydrolysis) is 1. The first-order chi connectivity index (χ1) is 15.4. The minimum absolute atomic E-state index is 0.0870. The first kappa shape index (κ1) is 21.8. The Balaban J connectivity index is 1.39. The third-order valence-electron chi connectivity index (χ3n) is 6.26. The van der Waals surface area contributed by atoms with Crippen molar-refractivity contribution in [3.05, 3.63) is 59.7 Å². The van der Waals surface area contributed by atoms with E-state index in [9.17, 15) is 19.5 Å². The molecule has 0 saturated heterocycles. The van der Waals surface area contributed by atoms with Gasteiger partial charge in [0.15, 0.2) is 6.04 Å². The first-order valence-electron chi connectivity index (χ1n) is 10.6. The van der Waals surface area contributed by atoms with Crippen molar-refractivity contribution in [1.82, 2.24) is 10.6 Å². The zero-order chi connectivity index (χ0) is 22.9. The molecule has 0 aromatic heterocycles. The summed E-state index contributed by atoms with van der Waals surface area (Å²) in [6.07, 6.45) is -0.596. The average Bonchev–Trinajstić information content (AvgIpc) is 3.50. The molecule has 3 N–H and O–H groups in total. The summed E-state index contributed by atoms with van der Waals surface area (Å²) in [5.74, 6) is -1.84. The molecule has 2 atom stereocenters. The number of benzene rings is 2. The summed E-state index contributed by atoms with van der Waals surface area (Å²) in [5.41, 5.74) is 3.30. The summed E-state index contributed by atoms with van der Waals surface area (Å²) in [6.45, 7) is 1.69. The van der Waals surface area contributed by atoms with Crippen molar-refractivity contribution < 1.29 is 29.0 Å². The van der Waals surface area contributed by atoms with E-state index in [1.165, 1.54) is 7.11 Å². The standard InChI is InChI=1S/C24H26N2O6/c1-14(31-2)20(21(27)28)25-22(29)24(11-12-24)26-23(30)32-13-19-17-9-5-3-7-15(17)16-8-4-6-10-18(16)19/h3-10,14,19-20H,11-13H2,1-2H3,(H,25,29)(H,26,30)(H,27,28). The minimum atomic E-state index is -1.21. The van der Waals surface area contributed by atoms with Crippen LogP contribution in [0, 0.1) is 0 Å². The fourth-order valence-electron chi connectivity index (χ4n) is 4.16. The third-order valence-corrected chi connectivity index (χ3v) is 6.26. The molecule has 8 heteroatoms. The number of carbonyl (C=O) groups excluding carboxylic acids is 2. The number of fused-ring (bicyclic) bond motifs is 3. The van der Waals surface area contributed by atoms with Crippen LogP contribution in [-0.2, 0) is 19.1 Å². The maximum Gasteiger partial charge on any atom is 0.408 e. The molecule has 2 amide bonds. The Hall–Kier alpha value is -3.39. The van der Waals surface area contributed by atoms with Crippen LogP contribution in [0.25, 0.3) is 11.1 Å². The molecule has 32 heavy (non-hydrogen) atoms. The summed E-state index contributed by atoms with van der Waals surface area (Å²) in [6, 6.07) is 14.8. The van der Waals surface area contributed by atoms with E-state index in [1.54, 1.807) is 6.92 Å². The monoisotopic (exact) mass is 438 g/mol. The van der Waals surface area contributed by atoms with Gasteiger partial charge in [-0.05, 0) is 42.0 Å². The topological polar surface area (TPSA) is 114 Å². The van der Waals surface area contributed by atoms with E-state index in [0.29, 0.717) is 12.8 Å². The Labute approximate surface area is 185 Å². The number of carboxylic acid groups (broad SMARTS) is 1. The van der Waals surface area contributed by atoms with Crippen LogP contribution < -0.4 is 10.6 Å². The molecule has 0 aliphatic heterocycles. The summed E-state index contributed by atoms with van der Waals surface area (Å²) < 4.78 is 10.5. The Morgan fingerprint density at radius 1 is 1.06 bits per heavy atom. The van der Waals surface area contributed by atoms with Gasteiger partial charge in [0.1, 0.15) is 12.1 Å². The Kier molecular flexibility index (Phi) is 5.88. The summed E-state index contributed by atoms with van der Waals surface area (Å²) in [5, 5.41) is 14.4. The SMILES string of the molecule is COC(C)C(NC(=O)C1(NC(=O)OCC2c3ccccc3-c3ccccc32)CC1)C(=O)O. The van der Waals surface area contributed by atoms with Crippen LogP contribution in [0.15, 0.2) is 48.5 Å². The number of rotatable bonds is 8. The van der Waals surface area contributed by atoms with Crippen LogP contribution in [0.2, 0.25) is 0 Å². The molecule has 0 radical (unpaired) electrons. The van der Waals surface area contributed by atoms with Crippen LogP contribution in [-0.4, -0.2) is 54.5 Å². The lowest BCUT2D eigenvalue weighted by Gasteiger charge is -2.24. The number of hydrogen-bond donors (Lipinski definition) is 3. The summed E-state index contributed by atoms with van der Waals surface area (Å²) in [7, 11) is 1.37. The number of methoxy groups -OCH3 is 1. The maximum atomic E-state index is 12.7. The van der Waals surface area contributed by atoms with Gasteiger partial charge in [0.2, 0.25) is 5.91 Å². The quantitative estimate of drug-likeness (QED) is 0.584. The lowest BCUT2D eigenvalue weighted by Crippen LogP contribution is -2.56. The number of hydrogen-bond acceptors (Lipinski definition) is 5. The first-order valence-corrected chi connectivity index (χ1v) is 10.6. The van der Waals surface area contributed by atoms with Crippen molar-refractivity contribution in [2.45, 2.75) is 43.4 Å². The van der Waals surface area contributed by atoms with Gasteiger partial charge in [-0.1, -0.05) is 48.5 Å². The van der Waals surface area contributed by atoms with E-state index in [4.69, 9.17) is 9.47 Å². The molecular weight excluding hydrogens is 412 g/mol. The van der Waals surface area contributed by atoms with E-state index in [0.717, 1.165) is 22.3 Å². The van der Waals surface area contributed by atoms with Gasteiger partial charge in [-0.25, -0.2) is 9.59 Å². The number of carboxylic acids is 1. The molecule has 2 aliphatic carbocycles. The van der Waals surface area contributed by atoms with Gasteiger partial charge in [-0.3, -0.25) is 4.79 Å². The van der Waals surface area contributed by atoms with E-state index in [1.807, 2.05) is 36.4 Å². The zero-order valence-electron chi connectivity index (χ0n) is 18.0. The van der Waals surface area contributed by atoms with Crippen LogP contribution in [0.5, 0.6) is 0 Å². The Morgan fingerprint density at radius 2 is 1.62 bits per heavy atom. The molecule has 168 valence electrons. The van der Waals surface area contributed by atoms with Gasteiger partial charge in [0.05, 0.1) is 6.10 Å². The molecule has 1 saturated carbocycles. The molecule has 1 fully saturated rings. The van der Waals surface area contributed by atoms with Crippen molar-refractivity contribution in [2.75, 3.05) is 13.7 Å². The average molecular weight is 438 g/mol. The minimum Gasteiger partial charge on any atom is -0.480 e. The van der Waals surface area contributed by atoms with Crippen LogP contribution in [0.4, 0.5) is 4.79 Å². The van der Waals surface area contributed by atoms with Gasteiger partial charge in [0.25, 0.3) is 0 Å². The molecule has 2 aromatic carbocycles. The number of carbonyl (C=O) groups is 3. The number of amides is 2. The van der Waals surface area contributed by atoms with Crippen molar-refractivity contribution in [2.24, 2.45) is 0 Å². The van der Waals surface area contributed by atoms with Gasteiger partial charge in [-0.2, -0.15) is 0 Å². The van der Waals surface area contributed by atoms with Gasteiger partial charge in [0, 0.05) is 13.0 Å². The molecule has 4 rings (SSSR count). The second-order valence-corrected chi connectivity index (χ2v) is 8.26. The highest BCUT2D eigenvalue weighted by atomic mass is 16.5. The van der Waals surface area contributed by atoms with Crippen LogP contribution in [0.3, 0.4) is 0 Å². The van der Waals surface area contributed by atoms with E-state index in [-0.39, 0.29) is 12.5 Å². The molecule has 0 spiro atoms. The smallest absolute Gasteiger partial charge is 0.408 e. The molecular formula is C24H26N2O6. The highest BCUT2D eigenvalue weighted by Gasteiger charge is 2.53. The maximum absolute atomic E-state index is 12.7. The molecule has 2 aliphatic rings. The van der Waals surface area contributed by atoms with E-state index in [2.05, 4.69) is 22.8 Å². The van der Waals surface area contributed by atoms with Gasteiger partial charge in [-0.15, -0.1) is 0 Å². The van der Waals surface area contributed by atoms with Crippen LogP contribution >= 0.6 is 0 Å². The zero-order valence-corrected chi connectivity index (χ0v) is 18.0. The third kappa shape index (κ3) is 4.05. The number of nitrogens with one attached hydrogen (secondary N) is 2. The lowest BCUT2D eigenvalue weighted by atomic mass is 9.98. The second kappa shape index (κ2) is 8.63. The fourth-order valence-corrected chi connectivity index (χ4v) is 4.16. The van der Waals surface area contributed by atoms with E-state index >= 15 is 0 Å². The number of ether oxygens (including phenoxy) is 2. The molecule has 2 aromatic rings. The molecule has 0 bridgehead atoms. The molecule has 0 heterocycles. The van der Waals surface area contributed by atoms with E-state index < -0.39 is 35.7 Å². The summed E-state index contributed by atoms with van der Waals surface area (Å²) in [4.78, 5) is 36.7. The van der Waals surface area contributed by atoms with Crippen molar-refractivity contribution in [3.8, 4) is 11.1 Å². The highest BCUT2D eigenvalue weighted by molar-refractivity contribution is 5.95. The lowest BCUT2D eigenvalue weighted by molar-refractivity contribution is -0.146. The normalized spacial score (nSPS) is 17.4.